The number of amides is 2. The Hall–Kier alpha value is -1.88. The third-order valence-corrected chi connectivity index (χ3v) is 5.71. The Morgan fingerprint density at radius 1 is 1.23 bits per heavy atom. The molecule has 5 heteroatoms. The lowest BCUT2D eigenvalue weighted by atomic mass is 9.71. The Bertz CT molecular complexity index is 623. The molecule has 0 unspecified atom stereocenters. The first-order valence-corrected chi connectivity index (χ1v) is 9.70. The first kappa shape index (κ1) is 18.9. The third kappa shape index (κ3) is 4.26. The van der Waals surface area contributed by atoms with Crippen LogP contribution in [0.4, 0.5) is 0 Å². The largest absolute Gasteiger partial charge is 0.381 e. The summed E-state index contributed by atoms with van der Waals surface area (Å²) in [6.07, 6.45) is 2.95. The van der Waals surface area contributed by atoms with Crippen LogP contribution in [-0.2, 0) is 20.7 Å². The topological polar surface area (TPSA) is 58.6 Å². The second-order valence-corrected chi connectivity index (χ2v) is 7.95. The first-order valence-electron chi connectivity index (χ1n) is 9.70. The summed E-state index contributed by atoms with van der Waals surface area (Å²) in [5.41, 5.74) is 1.05. The molecule has 0 saturated carbocycles. The van der Waals surface area contributed by atoms with E-state index in [4.69, 9.17) is 4.74 Å². The van der Waals surface area contributed by atoms with E-state index in [2.05, 4.69) is 17.4 Å². The maximum Gasteiger partial charge on any atom is 0.225 e. The van der Waals surface area contributed by atoms with Crippen LogP contribution in [-0.4, -0.2) is 49.1 Å². The second kappa shape index (κ2) is 8.21. The summed E-state index contributed by atoms with van der Waals surface area (Å²) in [7, 11) is 0. The highest BCUT2D eigenvalue weighted by molar-refractivity contribution is 5.83. The quantitative estimate of drug-likeness (QED) is 0.879. The summed E-state index contributed by atoms with van der Waals surface area (Å²) < 4.78 is 5.53. The molecule has 3 rings (SSSR count). The van der Waals surface area contributed by atoms with Crippen molar-refractivity contribution in [3.63, 3.8) is 0 Å². The van der Waals surface area contributed by atoms with E-state index in [0.717, 1.165) is 19.3 Å². The van der Waals surface area contributed by atoms with Gasteiger partial charge in [0.25, 0.3) is 0 Å². The summed E-state index contributed by atoms with van der Waals surface area (Å²) in [5, 5.41) is 3.06. The molecule has 1 aromatic rings. The molecule has 2 fully saturated rings. The zero-order valence-electron chi connectivity index (χ0n) is 15.9. The molecule has 2 heterocycles. The van der Waals surface area contributed by atoms with Crippen molar-refractivity contribution in [3.05, 3.63) is 35.9 Å². The van der Waals surface area contributed by atoms with Crippen molar-refractivity contribution in [3.8, 4) is 0 Å². The molecule has 2 amide bonds. The molecule has 1 spiro atoms. The van der Waals surface area contributed by atoms with Gasteiger partial charge in [0.2, 0.25) is 11.8 Å². The van der Waals surface area contributed by atoms with Gasteiger partial charge in [0.15, 0.2) is 0 Å². The molecule has 2 aliphatic heterocycles. The average Bonchev–Trinajstić information content (AvgIpc) is 2.99. The molecule has 1 aromatic carbocycles. The van der Waals surface area contributed by atoms with Crippen molar-refractivity contribution in [2.75, 3.05) is 26.3 Å². The predicted molar refractivity (Wildman–Crippen MR) is 101 cm³/mol. The molecule has 2 aliphatic rings. The Kier molecular flexibility index (Phi) is 5.97. The van der Waals surface area contributed by atoms with Crippen molar-refractivity contribution >= 4 is 11.8 Å². The summed E-state index contributed by atoms with van der Waals surface area (Å²) >= 11 is 0. The molecule has 2 saturated heterocycles. The van der Waals surface area contributed by atoms with Gasteiger partial charge in [-0.15, -0.1) is 0 Å². The highest BCUT2D eigenvalue weighted by Gasteiger charge is 2.51. The zero-order chi connectivity index (χ0) is 18.6. The van der Waals surface area contributed by atoms with Crippen LogP contribution in [0.1, 0.15) is 38.7 Å². The number of likely N-dealkylation sites (tertiary alicyclic amines) is 1. The Morgan fingerprint density at radius 3 is 2.58 bits per heavy atom. The van der Waals surface area contributed by atoms with E-state index in [1.807, 2.05) is 36.9 Å². The minimum Gasteiger partial charge on any atom is -0.381 e. The van der Waals surface area contributed by atoms with E-state index in [1.54, 1.807) is 0 Å². The van der Waals surface area contributed by atoms with Gasteiger partial charge in [0.1, 0.15) is 0 Å². The molecular formula is C21H30N2O3. The van der Waals surface area contributed by atoms with E-state index in [-0.39, 0.29) is 29.2 Å². The van der Waals surface area contributed by atoms with Gasteiger partial charge in [-0.25, -0.2) is 0 Å². The Morgan fingerprint density at radius 2 is 1.92 bits per heavy atom. The van der Waals surface area contributed by atoms with Crippen LogP contribution < -0.4 is 5.32 Å². The monoisotopic (exact) mass is 358 g/mol. The van der Waals surface area contributed by atoms with Gasteiger partial charge >= 0.3 is 0 Å². The maximum absolute atomic E-state index is 12.8. The molecule has 1 atom stereocenters. The minimum atomic E-state index is -0.130. The van der Waals surface area contributed by atoms with E-state index in [9.17, 15) is 9.59 Å². The molecule has 26 heavy (non-hydrogen) atoms. The van der Waals surface area contributed by atoms with Gasteiger partial charge in [-0.1, -0.05) is 30.3 Å². The fourth-order valence-electron chi connectivity index (χ4n) is 4.24. The van der Waals surface area contributed by atoms with Crippen molar-refractivity contribution < 1.29 is 14.3 Å². The van der Waals surface area contributed by atoms with Gasteiger partial charge in [0, 0.05) is 44.2 Å². The number of hydrogen-bond donors (Lipinski definition) is 1. The predicted octanol–water partition coefficient (Wildman–Crippen LogP) is 2.40. The van der Waals surface area contributed by atoms with Crippen molar-refractivity contribution in [2.45, 2.75) is 45.6 Å². The summed E-state index contributed by atoms with van der Waals surface area (Å²) in [5.74, 6) is 0.106. The van der Waals surface area contributed by atoms with Crippen LogP contribution in [0.3, 0.4) is 0 Å². The van der Waals surface area contributed by atoms with E-state index >= 15 is 0 Å². The molecule has 0 bridgehead atoms. The van der Waals surface area contributed by atoms with E-state index < -0.39 is 0 Å². The number of nitrogens with one attached hydrogen (secondary N) is 1. The van der Waals surface area contributed by atoms with Crippen LogP contribution >= 0.6 is 0 Å². The standard InChI is InChI=1S/C21H30N2O3/c1-16(2)22-20(25)18-14-23(15-21(18)10-12-26-13-11-21)19(24)9-8-17-6-4-3-5-7-17/h3-7,16,18H,8-15H2,1-2H3,(H,22,25)/t18-/m1/s1. The first-order chi connectivity index (χ1) is 12.5. The molecular weight excluding hydrogens is 328 g/mol. The van der Waals surface area contributed by atoms with Crippen LogP contribution in [0, 0.1) is 11.3 Å². The van der Waals surface area contributed by atoms with Gasteiger partial charge in [-0.05, 0) is 38.7 Å². The lowest BCUT2D eigenvalue weighted by Gasteiger charge is -2.37. The Labute approximate surface area is 156 Å². The molecule has 0 aromatic heterocycles. The minimum absolute atomic E-state index is 0.0836. The highest BCUT2D eigenvalue weighted by atomic mass is 16.5. The molecule has 0 aliphatic carbocycles. The van der Waals surface area contributed by atoms with Crippen molar-refractivity contribution in [2.24, 2.45) is 11.3 Å². The average molecular weight is 358 g/mol. The zero-order valence-corrected chi connectivity index (χ0v) is 15.9. The van der Waals surface area contributed by atoms with E-state index in [1.165, 1.54) is 5.56 Å². The Balaban J connectivity index is 1.67. The smallest absolute Gasteiger partial charge is 0.225 e. The fraction of sp³-hybridized carbons (Fsp3) is 0.619. The van der Waals surface area contributed by atoms with Gasteiger partial charge < -0.3 is 15.0 Å². The number of carbonyl (C=O) groups is 2. The van der Waals surface area contributed by atoms with Crippen LogP contribution in [0.2, 0.25) is 0 Å². The number of aryl methyl sites for hydroxylation is 1. The van der Waals surface area contributed by atoms with Gasteiger partial charge in [-0.3, -0.25) is 9.59 Å². The summed E-state index contributed by atoms with van der Waals surface area (Å²) in [4.78, 5) is 27.5. The fourth-order valence-corrected chi connectivity index (χ4v) is 4.24. The number of nitrogens with zero attached hydrogens (tertiary/aromatic N) is 1. The normalized spacial score (nSPS) is 22.0. The number of rotatable bonds is 5. The van der Waals surface area contributed by atoms with Crippen LogP contribution in [0.5, 0.6) is 0 Å². The molecule has 1 N–H and O–H groups in total. The highest BCUT2D eigenvalue weighted by Crippen LogP contribution is 2.44. The van der Waals surface area contributed by atoms with Crippen LogP contribution in [0.15, 0.2) is 30.3 Å². The maximum atomic E-state index is 12.8. The number of hydrogen-bond acceptors (Lipinski definition) is 3. The molecule has 0 radical (unpaired) electrons. The van der Waals surface area contributed by atoms with Crippen LogP contribution in [0.25, 0.3) is 0 Å². The second-order valence-electron chi connectivity index (χ2n) is 7.95. The lowest BCUT2D eigenvalue weighted by Crippen LogP contribution is -2.46. The number of benzene rings is 1. The third-order valence-electron chi connectivity index (χ3n) is 5.71. The number of carbonyl (C=O) groups excluding carboxylic acids is 2. The van der Waals surface area contributed by atoms with Gasteiger partial charge in [-0.2, -0.15) is 0 Å². The summed E-state index contributed by atoms with van der Waals surface area (Å²) in [6.45, 7) is 6.53. The van der Waals surface area contributed by atoms with Crippen molar-refractivity contribution in [1.82, 2.24) is 10.2 Å². The number of ether oxygens (including phenoxy) is 1. The van der Waals surface area contributed by atoms with E-state index in [0.29, 0.717) is 32.7 Å². The van der Waals surface area contributed by atoms with Gasteiger partial charge in [0.05, 0.1) is 5.92 Å². The van der Waals surface area contributed by atoms with Crippen molar-refractivity contribution in [1.29, 1.82) is 0 Å². The lowest BCUT2D eigenvalue weighted by molar-refractivity contribution is -0.130. The molecule has 5 nitrogen and oxygen atoms in total. The summed E-state index contributed by atoms with van der Waals surface area (Å²) in [6, 6.07) is 10.2. The SMILES string of the molecule is CC(C)NC(=O)[C@H]1CN(C(=O)CCc2ccccc2)CC12CCOCC2. The molecule has 142 valence electrons.